The maximum absolute atomic E-state index is 11.8. The number of hydrogen-bond donors (Lipinski definition) is 0. The van der Waals surface area contributed by atoms with E-state index in [9.17, 15) is 18.0 Å². The van der Waals surface area contributed by atoms with Gasteiger partial charge in [0.2, 0.25) is 0 Å². The van der Waals surface area contributed by atoms with Crippen molar-refractivity contribution >= 4 is 17.1 Å². The van der Waals surface area contributed by atoms with Crippen LogP contribution in [-0.2, 0) is 16.0 Å². The van der Waals surface area contributed by atoms with Gasteiger partial charge in [-0.1, -0.05) is 0 Å². The fourth-order valence-corrected chi connectivity index (χ4v) is 2.21. The number of aromatic nitrogens is 1. The van der Waals surface area contributed by atoms with E-state index in [2.05, 4.69) is 9.72 Å². The predicted octanol–water partition coefficient (Wildman–Crippen LogP) is 2.84. The number of carbonyl (C=O) groups excluding carboxylic acids is 1. The Kier molecular flexibility index (Phi) is 5.28. The third-order valence-corrected chi connectivity index (χ3v) is 3.29. The van der Waals surface area contributed by atoms with E-state index in [0.29, 0.717) is 5.01 Å². The van der Waals surface area contributed by atoms with Gasteiger partial charge < -0.3 is 4.74 Å². The molecule has 0 spiro atoms. The number of Topliss-reactive ketones (excluding diaryl/α,β-unsaturated/α-hetero) is 1. The SMILES string of the molecule is Cc1nc(CC(=O)CCOCC(F)(F)F)sc1C. The lowest BCUT2D eigenvalue weighted by molar-refractivity contribution is -0.174. The molecule has 102 valence electrons. The van der Waals surface area contributed by atoms with Gasteiger partial charge in [0.1, 0.15) is 17.4 Å². The Labute approximate surface area is 107 Å². The van der Waals surface area contributed by atoms with Crippen molar-refractivity contribution in [3.8, 4) is 0 Å². The molecule has 0 aliphatic rings. The molecule has 3 nitrogen and oxygen atoms in total. The van der Waals surface area contributed by atoms with Crippen molar-refractivity contribution in [2.75, 3.05) is 13.2 Å². The highest BCUT2D eigenvalue weighted by Crippen LogP contribution is 2.17. The molecule has 1 aromatic rings. The van der Waals surface area contributed by atoms with Crippen LogP contribution in [0.5, 0.6) is 0 Å². The summed E-state index contributed by atoms with van der Waals surface area (Å²) >= 11 is 1.43. The van der Waals surface area contributed by atoms with Crippen LogP contribution >= 0.6 is 11.3 Å². The first-order valence-corrected chi connectivity index (χ1v) is 6.18. The summed E-state index contributed by atoms with van der Waals surface area (Å²) in [5.74, 6) is -0.161. The van der Waals surface area contributed by atoms with E-state index < -0.39 is 12.8 Å². The molecule has 0 N–H and O–H groups in total. The van der Waals surface area contributed by atoms with Gasteiger partial charge in [-0.2, -0.15) is 13.2 Å². The fourth-order valence-electron chi connectivity index (χ4n) is 1.25. The zero-order valence-electron chi connectivity index (χ0n) is 10.1. The Hall–Kier alpha value is -0.950. The van der Waals surface area contributed by atoms with Crippen LogP contribution in [0.25, 0.3) is 0 Å². The molecule has 0 saturated heterocycles. The van der Waals surface area contributed by atoms with E-state index >= 15 is 0 Å². The molecule has 7 heteroatoms. The first kappa shape index (κ1) is 15.1. The van der Waals surface area contributed by atoms with E-state index in [1.54, 1.807) is 0 Å². The van der Waals surface area contributed by atoms with E-state index in [0.717, 1.165) is 10.6 Å². The molecule has 0 radical (unpaired) electrons. The lowest BCUT2D eigenvalue weighted by atomic mass is 10.2. The summed E-state index contributed by atoms with van der Waals surface area (Å²) in [5, 5.41) is 0.700. The number of alkyl halides is 3. The molecule has 18 heavy (non-hydrogen) atoms. The zero-order valence-corrected chi connectivity index (χ0v) is 11.0. The molecule has 0 saturated carbocycles. The number of aryl methyl sites for hydroxylation is 2. The van der Waals surface area contributed by atoms with E-state index in [1.165, 1.54) is 11.3 Å². The van der Waals surface area contributed by atoms with Gasteiger partial charge in [-0.15, -0.1) is 11.3 Å². The number of halogens is 3. The van der Waals surface area contributed by atoms with Gasteiger partial charge in [-0.3, -0.25) is 4.79 Å². The molecule has 0 unspecified atom stereocenters. The van der Waals surface area contributed by atoms with Crippen molar-refractivity contribution in [2.45, 2.75) is 32.9 Å². The number of rotatable bonds is 6. The average molecular weight is 281 g/mol. The van der Waals surface area contributed by atoms with Crippen LogP contribution in [-0.4, -0.2) is 30.2 Å². The first-order valence-electron chi connectivity index (χ1n) is 5.37. The van der Waals surface area contributed by atoms with Crippen molar-refractivity contribution in [1.29, 1.82) is 0 Å². The Morgan fingerprint density at radius 2 is 2.06 bits per heavy atom. The van der Waals surface area contributed by atoms with E-state index in [-0.39, 0.29) is 25.2 Å². The van der Waals surface area contributed by atoms with Crippen LogP contribution in [0.3, 0.4) is 0 Å². The van der Waals surface area contributed by atoms with Gasteiger partial charge >= 0.3 is 6.18 Å². The van der Waals surface area contributed by atoms with E-state index in [1.807, 2.05) is 13.8 Å². The smallest absolute Gasteiger partial charge is 0.372 e. The van der Waals surface area contributed by atoms with Crippen LogP contribution in [0.1, 0.15) is 22.0 Å². The first-order chi connectivity index (χ1) is 8.28. The van der Waals surface area contributed by atoms with Gasteiger partial charge in [0.25, 0.3) is 0 Å². The molecule has 0 atom stereocenters. The minimum Gasteiger partial charge on any atom is -0.372 e. The van der Waals surface area contributed by atoms with Crippen molar-refractivity contribution in [3.05, 3.63) is 15.6 Å². The van der Waals surface area contributed by atoms with E-state index in [4.69, 9.17) is 0 Å². The molecule has 0 fully saturated rings. The van der Waals surface area contributed by atoms with Gasteiger partial charge in [-0.05, 0) is 13.8 Å². The largest absolute Gasteiger partial charge is 0.411 e. The van der Waals surface area contributed by atoms with Crippen LogP contribution in [0.15, 0.2) is 0 Å². The van der Waals surface area contributed by atoms with Gasteiger partial charge in [0.05, 0.1) is 18.7 Å². The van der Waals surface area contributed by atoms with Crippen molar-refractivity contribution in [3.63, 3.8) is 0 Å². The summed E-state index contributed by atoms with van der Waals surface area (Å²) in [6.45, 7) is 2.25. The molecule has 0 aromatic carbocycles. The minimum absolute atomic E-state index is 0.0201. The predicted molar refractivity (Wildman–Crippen MR) is 61.8 cm³/mol. The number of ketones is 1. The summed E-state index contributed by atoms with van der Waals surface area (Å²) in [5.41, 5.74) is 0.885. The highest BCUT2D eigenvalue weighted by atomic mass is 32.1. The van der Waals surface area contributed by atoms with Crippen LogP contribution in [0, 0.1) is 13.8 Å². The lowest BCUT2D eigenvalue weighted by Gasteiger charge is -2.06. The summed E-state index contributed by atoms with van der Waals surface area (Å²) < 4.78 is 39.6. The normalized spacial score (nSPS) is 11.8. The standard InChI is InChI=1S/C11H14F3NO2S/c1-7-8(2)18-10(15-7)5-9(16)3-4-17-6-11(12,13)14/h3-6H2,1-2H3. The van der Waals surface area contributed by atoms with Crippen molar-refractivity contribution in [1.82, 2.24) is 4.98 Å². The molecule has 0 bridgehead atoms. The third kappa shape index (κ3) is 5.59. The molecular formula is C11H14F3NO2S. The molecule has 0 aliphatic carbocycles. The topological polar surface area (TPSA) is 39.2 Å². The van der Waals surface area contributed by atoms with Crippen molar-refractivity contribution in [2.24, 2.45) is 0 Å². The van der Waals surface area contributed by atoms with Crippen LogP contribution < -0.4 is 0 Å². The lowest BCUT2D eigenvalue weighted by Crippen LogP contribution is -2.18. The average Bonchev–Trinajstić information content (AvgIpc) is 2.51. The molecule has 1 aromatic heterocycles. The van der Waals surface area contributed by atoms with Gasteiger partial charge in [-0.25, -0.2) is 4.98 Å². The minimum atomic E-state index is -4.34. The molecular weight excluding hydrogens is 267 g/mol. The highest BCUT2D eigenvalue weighted by molar-refractivity contribution is 7.11. The summed E-state index contributed by atoms with van der Waals surface area (Å²) in [4.78, 5) is 16.7. The Bertz CT molecular complexity index is 395. The molecule has 1 heterocycles. The molecule has 0 aliphatic heterocycles. The number of nitrogens with zero attached hydrogens (tertiary/aromatic N) is 1. The van der Waals surface area contributed by atoms with Gasteiger partial charge in [0.15, 0.2) is 0 Å². The summed E-state index contributed by atoms with van der Waals surface area (Å²) in [6.07, 6.45) is -4.20. The Balaban J connectivity index is 2.26. The number of thiazole rings is 1. The number of ether oxygens (including phenoxy) is 1. The van der Waals surface area contributed by atoms with Crippen LogP contribution in [0.2, 0.25) is 0 Å². The Morgan fingerprint density at radius 1 is 1.39 bits per heavy atom. The summed E-state index contributed by atoms with van der Waals surface area (Å²) in [7, 11) is 0. The second-order valence-electron chi connectivity index (χ2n) is 3.88. The zero-order chi connectivity index (χ0) is 13.8. The maximum Gasteiger partial charge on any atom is 0.411 e. The Morgan fingerprint density at radius 3 is 2.56 bits per heavy atom. The van der Waals surface area contributed by atoms with Crippen LogP contribution in [0.4, 0.5) is 13.2 Å². The number of carbonyl (C=O) groups is 1. The molecule has 1 rings (SSSR count). The van der Waals surface area contributed by atoms with Crippen molar-refractivity contribution < 1.29 is 22.7 Å². The maximum atomic E-state index is 11.8. The fraction of sp³-hybridized carbons (Fsp3) is 0.636. The second-order valence-corrected chi connectivity index (χ2v) is 5.17. The third-order valence-electron chi connectivity index (χ3n) is 2.21. The quantitative estimate of drug-likeness (QED) is 0.753. The molecule has 0 amide bonds. The monoisotopic (exact) mass is 281 g/mol. The highest BCUT2D eigenvalue weighted by Gasteiger charge is 2.27. The van der Waals surface area contributed by atoms with Gasteiger partial charge in [0, 0.05) is 11.3 Å². The summed E-state index contributed by atoms with van der Waals surface area (Å²) in [6, 6.07) is 0. The number of hydrogen-bond acceptors (Lipinski definition) is 4. The second kappa shape index (κ2) is 6.29.